The molecule has 2 rings (SSSR count). The molecule has 0 saturated heterocycles. The molecular formula is C10H13N. The second-order valence-electron chi connectivity index (χ2n) is 3.26. The van der Waals surface area contributed by atoms with Gasteiger partial charge in [-0.3, -0.25) is 0 Å². The van der Waals surface area contributed by atoms with E-state index < -0.39 is 0 Å². The summed E-state index contributed by atoms with van der Waals surface area (Å²) in [7, 11) is 0. The van der Waals surface area contributed by atoms with Gasteiger partial charge in [0.05, 0.1) is 0 Å². The van der Waals surface area contributed by atoms with Crippen LogP contribution in [0, 0.1) is 0 Å². The number of aromatic amines is 1. The third-order valence-corrected chi connectivity index (χ3v) is 2.27. The van der Waals surface area contributed by atoms with Gasteiger partial charge in [0.1, 0.15) is 0 Å². The highest BCUT2D eigenvalue weighted by atomic mass is 14.7. The van der Waals surface area contributed by atoms with Gasteiger partial charge in [-0.1, -0.05) is 11.6 Å². The zero-order valence-corrected chi connectivity index (χ0v) is 6.85. The fourth-order valence-electron chi connectivity index (χ4n) is 1.65. The third kappa shape index (κ3) is 1.23. The molecule has 0 unspecified atom stereocenters. The first-order chi connectivity index (χ1) is 5.36. The fraction of sp³-hybridized carbons (Fsp3) is 0.400. The zero-order valence-electron chi connectivity index (χ0n) is 6.85. The molecule has 58 valence electrons. The van der Waals surface area contributed by atoms with Crippen molar-refractivity contribution in [2.24, 2.45) is 0 Å². The van der Waals surface area contributed by atoms with Gasteiger partial charge in [0, 0.05) is 11.9 Å². The number of hydrogen-bond acceptors (Lipinski definition) is 0. The highest BCUT2D eigenvalue weighted by molar-refractivity contribution is 5.55. The Bertz CT molecular complexity index is 281. The summed E-state index contributed by atoms with van der Waals surface area (Å²) in [5, 5.41) is 0. The number of aryl methyl sites for hydroxylation is 1. The number of nitrogens with one attached hydrogen (secondary N) is 1. The molecule has 0 spiro atoms. The van der Waals surface area contributed by atoms with E-state index in [4.69, 9.17) is 0 Å². The van der Waals surface area contributed by atoms with Gasteiger partial charge in [0.15, 0.2) is 0 Å². The van der Waals surface area contributed by atoms with Crippen LogP contribution < -0.4 is 0 Å². The van der Waals surface area contributed by atoms with Crippen LogP contribution in [0.3, 0.4) is 0 Å². The Morgan fingerprint density at radius 1 is 1.36 bits per heavy atom. The highest BCUT2D eigenvalue weighted by Crippen LogP contribution is 2.21. The standard InChI is InChI=1S/C10H13N/c1-8-3-2-4-10-9(7-8)5-6-11-10/h5-7,11H,2-4H2,1H3. The van der Waals surface area contributed by atoms with Gasteiger partial charge in [0.2, 0.25) is 0 Å². The van der Waals surface area contributed by atoms with Crippen molar-refractivity contribution >= 4 is 6.08 Å². The van der Waals surface area contributed by atoms with Crippen molar-refractivity contribution in [1.82, 2.24) is 4.98 Å². The Labute approximate surface area is 67.1 Å². The summed E-state index contributed by atoms with van der Waals surface area (Å²) in [5.74, 6) is 0. The SMILES string of the molecule is CC1=Cc2cc[nH]c2CCC1. The number of H-pyrrole nitrogens is 1. The second kappa shape index (κ2) is 2.57. The average molecular weight is 147 g/mol. The largest absolute Gasteiger partial charge is 0.364 e. The number of fused-ring (bicyclic) bond motifs is 1. The smallest absolute Gasteiger partial charge is 0.0220 e. The fourth-order valence-corrected chi connectivity index (χ4v) is 1.65. The van der Waals surface area contributed by atoms with Crippen LogP contribution in [-0.2, 0) is 6.42 Å². The molecule has 1 aliphatic rings. The Balaban J connectivity index is 2.43. The topological polar surface area (TPSA) is 15.8 Å². The molecule has 0 saturated carbocycles. The molecule has 0 aromatic carbocycles. The Morgan fingerprint density at radius 3 is 3.18 bits per heavy atom. The van der Waals surface area contributed by atoms with Gasteiger partial charge < -0.3 is 4.98 Å². The molecule has 11 heavy (non-hydrogen) atoms. The second-order valence-corrected chi connectivity index (χ2v) is 3.26. The highest BCUT2D eigenvalue weighted by Gasteiger charge is 2.05. The maximum Gasteiger partial charge on any atom is 0.0220 e. The van der Waals surface area contributed by atoms with Crippen molar-refractivity contribution in [3.05, 3.63) is 29.1 Å². The average Bonchev–Trinajstić information content (AvgIpc) is 2.31. The Hall–Kier alpha value is -0.980. The summed E-state index contributed by atoms with van der Waals surface area (Å²) < 4.78 is 0. The van der Waals surface area contributed by atoms with E-state index in [2.05, 4.69) is 24.1 Å². The van der Waals surface area contributed by atoms with Crippen LogP contribution in [0.2, 0.25) is 0 Å². The minimum Gasteiger partial charge on any atom is -0.364 e. The lowest BCUT2D eigenvalue weighted by Crippen LogP contribution is -1.84. The number of aromatic nitrogens is 1. The van der Waals surface area contributed by atoms with Crippen molar-refractivity contribution in [3.8, 4) is 0 Å². The summed E-state index contributed by atoms with van der Waals surface area (Å²) in [4.78, 5) is 3.27. The summed E-state index contributed by atoms with van der Waals surface area (Å²) in [6.07, 6.45) is 8.06. The summed E-state index contributed by atoms with van der Waals surface area (Å²) >= 11 is 0. The van der Waals surface area contributed by atoms with Gasteiger partial charge in [-0.15, -0.1) is 0 Å². The van der Waals surface area contributed by atoms with E-state index >= 15 is 0 Å². The molecule has 0 fully saturated rings. The molecule has 0 aliphatic heterocycles. The van der Waals surface area contributed by atoms with Gasteiger partial charge in [0.25, 0.3) is 0 Å². The number of allylic oxidation sites excluding steroid dienone is 1. The monoisotopic (exact) mass is 147 g/mol. The summed E-state index contributed by atoms with van der Waals surface area (Å²) in [5.41, 5.74) is 4.30. The van der Waals surface area contributed by atoms with Crippen molar-refractivity contribution in [1.29, 1.82) is 0 Å². The van der Waals surface area contributed by atoms with Crippen LogP contribution in [0.15, 0.2) is 17.8 Å². The van der Waals surface area contributed by atoms with Gasteiger partial charge in [-0.25, -0.2) is 0 Å². The van der Waals surface area contributed by atoms with E-state index in [1.807, 2.05) is 6.20 Å². The molecule has 0 bridgehead atoms. The number of rotatable bonds is 0. The first-order valence-electron chi connectivity index (χ1n) is 4.20. The van der Waals surface area contributed by atoms with Crippen LogP contribution >= 0.6 is 0 Å². The lowest BCUT2D eigenvalue weighted by atomic mass is 10.1. The van der Waals surface area contributed by atoms with Crippen LogP contribution in [0.5, 0.6) is 0 Å². The van der Waals surface area contributed by atoms with E-state index in [-0.39, 0.29) is 0 Å². The van der Waals surface area contributed by atoms with Crippen LogP contribution in [0.4, 0.5) is 0 Å². The molecule has 1 N–H and O–H groups in total. The lowest BCUT2D eigenvalue weighted by Gasteiger charge is -1.93. The van der Waals surface area contributed by atoms with E-state index in [9.17, 15) is 0 Å². The van der Waals surface area contributed by atoms with E-state index in [1.165, 1.54) is 36.1 Å². The lowest BCUT2D eigenvalue weighted by molar-refractivity contribution is 0.808. The first kappa shape index (κ1) is 6.71. The van der Waals surface area contributed by atoms with E-state index in [1.54, 1.807) is 0 Å². The maximum atomic E-state index is 3.27. The predicted octanol–water partition coefficient (Wildman–Crippen LogP) is 2.75. The first-order valence-corrected chi connectivity index (χ1v) is 4.20. The van der Waals surface area contributed by atoms with Crippen LogP contribution in [0.1, 0.15) is 31.0 Å². The van der Waals surface area contributed by atoms with Crippen molar-refractivity contribution in [2.45, 2.75) is 26.2 Å². The van der Waals surface area contributed by atoms with Crippen molar-refractivity contribution < 1.29 is 0 Å². The van der Waals surface area contributed by atoms with E-state index in [0.717, 1.165) is 0 Å². The number of hydrogen-bond donors (Lipinski definition) is 1. The van der Waals surface area contributed by atoms with Gasteiger partial charge in [-0.2, -0.15) is 0 Å². The zero-order chi connectivity index (χ0) is 7.68. The van der Waals surface area contributed by atoms with E-state index in [0.29, 0.717) is 0 Å². The molecule has 0 atom stereocenters. The quantitative estimate of drug-likeness (QED) is 0.580. The summed E-state index contributed by atoms with van der Waals surface area (Å²) in [6.45, 7) is 2.21. The molecule has 1 heterocycles. The third-order valence-electron chi connectivity index (χ3n) is 2.27. The van der Waals surface area contributed by atoms with Gasteiger partial charge in [-0.05, 0) is 37.8 Å². The Kier molecular flexibility index (Phi) is 1.57. The molecule has 1 nitrogen and oxygen atoms in total. The Morgan fingerprint density at radius 2 is 2.27 bits per heavy atom. The molecule has 1 aromatic rings. The van der Waals surface area contributed by atoms with Crippen LogP contribution in [-0.4, -0.2) is 4.98 Å². The maximum absolute atomic E-state index is 3.27. The normalized spacial score (nSPS) is 17.0. The minimum absolute atomic E-state index is 1.20. The van der Waals surface area contributed by atoms with Gasteiger partial charge >= 0.3 is 0 Å². The molecule has 1 aromatic heterocycles. The van der Waals surface area contributed by atoms with Crippen LogP contribution in [0.25, 0.3) is 6.08 Å². The van der Waals surface area contributed by atoms with Crippen molar-refractivity contribution in [2.75, 3.05) is 0 Å². The molecule has 1 heteroatoms. The predicted molar refractivity (Wildman–Crippen MR) is 47.4 cm³/mol. The molecule has 0 amide bonds. The molecule has 0 radical (unpaired) electrons. The van der Waals surface area contributed by atoms with Crippen molar-refractivity contribution in [3.63, 3.8) is 0 Å². The minimum atomic E-state index is 1.20. The summed E-state index contributed by atoms with van der Waals surface area (Å²) in [6, 6.07) is 2.16. The molecular weight excluding hydrogens is 134 g/mol. The molecule has 1 aliphatic carbocycles.